The van der Waals surface area contributed by atoms with Crippen LogP contribution in [0.5, 0.6) is 5.75 Å². The number of hydrogen-bond acceptors (Lipinski definition) is 7. The zero-order valence-corrected chi connectivity index (χ0v) is 25.2. The number of ether oxygens (including phenoxy) is 1. The van der Waals surface area contributed by atoms with Crippen LogP contribution in [0.1, 0.15) is 47.2 Å². The summed E-state index contributed by atoms with van der Waals surface area (Å²) < 4.78 is 30.0. The molecule has 0 unspecified atom stereocenters. The van der Waals surface area contributed by atoms with E-state index in [1.54, 1.807) is 30.3 Å². The number of amides is 1. The van der Waals surface area contributed by atoms with Gasteiger partial charge < -0.3 is 10.1 Å². The van der Waals surface area contributed by atoms with E-state index in [0.717, 1.165) is 28.7 Å². The molecule has 4 aromatic carbocycles. The van der Waals surface area contributed by atoms with Crippen molar-refractivity contribution in [1.29, 1.82) is 0 Å². The smallest absolute Gasteiger partial charge is 0.273 e. The molecule has 1 amide bonds. The molecule has 228 valence electrons. The Morgan fingerprint density at radius 2 is 1.59 bits per heavy atom. The molecule has 0 bridgehead atoms. The Bertz CT molecular complexity index is 1770. The zero-order chi connectivity index (χ0) is 30.7. The number of nitro benzene ring substituents is 1. The number of anilines is 1. The van der Waals surface area contributed by atoms with Gasteiger partial charge in [-0.05, 0) is 90.4 Å². The highest BCUT2D eigenvalue weighted by Gasteiger charge is 2.29. The number of para-hydroxylation sites is 1. The summed E-state index contributed by atoms with van der Waals surface area (Å²) in [5.74, 6) is 1.47. The molecule has 1 saturated heterocycles. The second-order valence-electron chi connectivity index (χ2n) is 11.8. The molecule has 6 rings (SSSR count). The third-order valence-electron chi connectivity index (χ3n) is 8.45. The van der Waals surface area contributed by atoms with Crippen molar-refractivity contribution < 1.29 is 22.9 Å². The second-order valence-corrected chi connectivity index (χ2v) is 14.1. The number of sulfone groups is 1. The fourth-order valence-corrected chi connectivity index (χ4v) is 7.18. The molecule has 4 aromatic rings. The Hall–Kier alpha value is -4.28. The topological polar surface area (TPSA) is 119 Å². The van der Waals surface area contributed by atoms with E-state index in [1.807, 2.05) is 42.5 Å². The summed E-state index contributed by atoms with van der Waals surface area (Å²) in [6, 6.07) is 25.7. The molecule has 0 radical (unpaired) electrons. The van der Waals surface area contributed by atoms with Gasteiger partial charge in [0.25, 0.3) is 11.6 Å². The third-order valence-corrected chi connectivity index (χ3v) is 10.2. The van der Waals surface area contributed by atoms with Gasteiger partial charge in [0.1, 0.15) is 15.6 Å². The number of nitro groups is 1. The average Bonchev–Trinajstić information content (AvgIpc) is 3.85. The Balaban J connectivity index is 1.16. The van der Waals surface area contributed by atoms with Crippen molar-refractivity contribution in [2.75, 3.05) is 23.4 Å². The van der Waals surface area contributed by atoms with Gasteiger partial charge >= 0.3 is 0 Å². The number of rotatable bonds is 11. The van der Waals surface area contributed by atoms with Gasteiger partial charge in [-0.25, -0.2) is 8.42 Å². The van der Waals surface area contributed by atoms with Crippen LogP contribution in [0.15, 0.2) is 84.9 Å². The van der Waals surface area contributed by atoms with Gasteiger partial charge in [-0.3, -0.25) is 19.8 Å². The summed E-state index contributed by atoms with van der Waals surface area (Å²) in [6.07, 6.45) is 3.44. The van der Waals surface area contributed by atoms with Crippen molar-refractivity contribution in [2.24, 2.45) is 5.92 Å². The van der Waals surface area contributed by atoms with Crippen LogP contribution >= 0.6 is 0 Å². The van der Waals surface area contributed by atoms with Crippen LogP contribution in [0.3, 0.4) is 0 Å². The average molecular weight is 614 g/mol. The fourth-order valence-electron chi connectivity index (χ4n) is 5.71. The molecule has 1 aliphatic heterocycles. The SMILES string of the molecule is O=C(Nc1ccc2cc(CN(Cc3ccccc3[N+](=O)[O-])C3CCS(=O)(=O)CC3)ccc2c1)c1ccc(OCC2CC2)cc1. The van der Waals surface area contributed by atoms with E-state index in [4.69, 9.17) is 4.74 Å². The predicted octanol–water partition coefficient (Wildman–Crippen LogP) is 6.37. The first-order chi connectivity index (χ1) is 21.2. The number of nitrogens with zero attached hydrogens (tertiary/aromatic N) is 2. The molecule has 1 saturated carbocycles. The highest BCUT2D eigenvalue weighted by Crippen LogP contribution is 2.30. The van der Waals surface area contributed by atoms with Crippen LogP contribution in [0, 0.1) is 16.0 Å². The lowest BCUT2D eigenvalue weighted by Crippen LogP contribution is -2.40. The molecule has 2 fully saturated rings. The van der Waals surface area contributed by atoms with Crippen LogP contribution in [-0.2, 0) is 22.9 Å². The molecular weight excluding hydrogens is 578 g/mol. The molecule has 1 aliphatic carbocycles. The summed E-state index contributed by atoms with van der Waals surface area (Å²) in [7, 11) is -3.05. The van der Waals surface area contributed by atoms with Crippen LogP contribution in [0.25, 0.3) is 10.8 Å². The molecular formula is C34H35N3O6S. The van der Waals surface area contributed by atoms with Crippen molar-refractivity contribution in [3.8, 4) is 5.75 Å². The minimum absolute atomic E-state index is 0.00885. The summed E-state index contributed by atoms with van der Waals surface area (Å²) in [5, 5.41) is 16.6. The minimum Gasteiger partial charge on any atom is -0.493 e. The first kappa shape index (κ1) is 29.8. The van der Waals surface area contributed by atoms with E-state index in [1.165, 1.54) is 18.9 Å². The summed E-state index contributed by atoms with van der Waals surface area (Å²) in [6.45, 7) is 1.59. The third kappa shape index (κ3) is 7.43. The Morgan fingerprint density at radius 1 is 0.886 bits per heavy atom. The zero-order valence-electron chi connectivity index (χ0n) is 24.4. The van der Waals surface area contributed by atoms with Crippen molar-refractivity contribution >= 4 is 37.9 Å². The van der Waals surface area contributed by atoms with E-state index in [2.05, 4.69) is 16.3 Å². The lowest BCUT2D eigenvalue weighted by atomic mass is 10.0. The van der Waals surface area contributed by atoms with E-state index in [-0.39, 0.29) is 34.1 Å². The van der Waals surface area contributed by atoms with Crippen LogP contribution in [-0.4, -0.2) is 48.3 Å². The highest BCUT2D eigenvalue weighted by atomic mass is 32.2. The van der Waals surface area contributed by atoms with Gasteiger partial charge in [-0.15, -0.1) is 0 Å². The maximum atomic E-state index is 12.9. The first-order valence-electron chi connectivity index (χ1n) is 15.0. The largest absolute Gasteiger partial charge is 0.493 e. The first-order valence-corrected chi connectivity index (χ1v) is 16.8. The second kappa shape index (κ2) is 12.8. The van der Waals surface area contributed by atoms with E-state index < -0.39 is 9.84 Å². The highest BCUT2D eigenvalue weighted by molar-refractivity contribution is 7.91. The van der Waals surface area contributed by atoms with Crippen molar-refractivity contribution in [3.05, 3.63) is 112 Å². The van der Waals surface area contributed by atoms with E-state index in [0.29, 0.717) is 48.7 Å². The van der Waals surface area contributed by atoms with Crippen LogP contribution < -0.4 is 10.1 Å². The van der Waals surface area contributed by atoms with Gasteiger partial charge in [-0.1, -0.05) is 36.4 Å². The molecule has 10 heteroatoms. The lowest BCUT2D eigenvalue weighted by Gasteiger charge is -2.34. The standard InChI is InChI=1S/C34H35N3O6S/c38-34(26-10-13-32(14-11-26)43-23-24-5-6-24)35-30-12-9-27-19-25(7-8-28(27)20-30)21-36(31-15-17-44(41,42)18-16-31)22-29-3-1-2-4-33(29)37(39)40/h1-4,7-14,19-20,24,31H,5-6,15-18,21-23H2,(H,35,38). The molecule has 44 heavy (non-hydrogen) atoms. The number of carbonyl (C=O) groups is 1. The van der Waals surface area contributed by atoms with Gasteiger partial charge in [0.05, 0.1) is 23.0 Å². The van der Waals surface area contributed by atoms with Gasteiger partial charge in [0.15, 0.2) is 0 Å². The molecule has 1 heterocycles. The molecule has 2 aliphatic rings. The van der Waals surface area contributed by atoms with Crippen LogP contribution in [0.4, 0.5) is 11.4 Å². The minimum atomic E-state index is -3.05. The maximum absolute atomic E-state index is 12.9. The number of fused-ring (bicyclic) bond motifs is 1. The predicted molar refractivity (Wildman–Crippen MR) is 171 cm³/mol. The van der Waals surface area contributed by atoms with Crippen molar-refractivity contribution in [2.45, 2.75) is 44.8 Å². The Labute approximate surface area is 256 Å². The number of carbonyl (C=O) groups excluding carboxylic acids is 1. The fraction of sp³-hybridized carbons (Fsp3) is 0.324. The Kier molecular flexibility index (Phi) is 8.63. The van der Waals surface area contributed by atoms with Crippen LogP contribution in [0.2, 0.25) is 0 Å². The molecule has 9 nitrogen and oxygen atoms in total. The lowest BCUT2D eigenvalue weighted by molar-refractivity contribution is -0.385. The van der Waals surface area contributed by atoms with Gasteiger partial charge in [-0.2, -0.15) is 0 Å². The Morgan fingerprint density at radius 3 is 2.32 bits per heavy atom. The van der Waals surface area contributed by atoms with Gasteiger partial charge in [0, 0.05) is 42.0 Å². The van der Waals surface area contributed by atoms with Crippen molar-refractivity contribution in [3.63, 3.8) is 0 Å². The van der Waals surface area contributed by atoms with Crippen molar-refractivity contribution in [1.82, 2.24) is 4.90 Å². The summed E-state index contributed by atoms with van der Waals surface area (Å²) in [5.41, 5.74) is 2.92. The number of hydrogen-bond donors (Lipinski definition) is 1. The summed E-state index contributed by atoms with van der Waals surface area (Å²) >= 11 is 0. The number of benzene rings is 4. The molecule has 0 aromatic heterocycles. The molecule has 0 atom stereocenters. The maximum Gasteiger partial charge on any atom is 0.273 e. The molecule has 1 N–H and O–H groups in total. The summed E-state index contributed by atoms with van der Waals surface area (Å²) in [4.78, 5) is 26.4. The van der Waals surface area contributed by atoms with E-state index in [9.17, 15) is 23.3 Å². The van der Waals surface area contributed by atoms with Gasteiger partial charge in [0.2, 0.25) is 0 Å². The normalized spacial score (nSPS) is 16.6. The monoisotopic (exact) mass is 613 g/mol. The van der Waals surface area contributed by atoms with E-state index >= 15 is 0 Å². The number of nitrogens with one attached hydrogen (secondary N) is 1. The quantitative estimate of drug-likeness (QED) is 0.154. The molecule has 0 spiro atoms.